The second-order valence-corrected chi connectivity index (χ2v) is 3.70. The number of hydrogen-bond donors (Lipinski definition) is 2. The van der Waals surface area contributed by atoms with Gasteiger partial charge in [0.1, 0.15) is 0 Å². The molecule has 0 aliphatic carbocycles. The van der Waals surface area contributed by atoms with E-state index in [1.807, 2.05) is 0 Å². The summed E-state index contributed by atoms with van der Waals surface area (Å²) in [5.74, 6) is -2.16. The first kappa shape index (κ1) is 14.7. The average molecular weight is 279 g/mol. The first-order chi connectivity index (χ1) is 8.61. The Kier molecular flexibility index (Phi) is 4.67. The van der Waals surface area contributed by atoms with Crippen LogP contribution in [-0.2, 0) is 0 Å². The highest BCUT2D eigenvalue weighted by atomic mass is 35.5. The predicted octanol–water partition coefficient (Wildman–Crippen LogP) is 3.17. The minimum Gasteiger partial charge on any atom is -0.478 e. The summed E-state index contributed by atoms with van der Waals surface area (Å²) >= 11 is 0. The van der Waals surface area contributed by atoms with Crippen molar-refractivity contribution in [2.75, 3.05) is 0 Å². The maximum Gasteiger partial charge on any atom is 0.336 e. The average Bonchev–Trinajstić information content (AvgIpc) is 2.38. The van der Waals surface area contributed by atoms with E-state index in [9.17, 15) is 9.59 Å². The van der Waals surface area contributed by atoms with Crippen LogP contribution in [0.4, 0.5) is 0 Å². The molecule has 0 amide bonds. The van der Waals surface area contributed by atoms with Crippen molar-refractivity contribution < 1.29 is 19.8 Å². The Bertz CT molecular complexity index is 567. The van der Waals surface area contributed by atoms with Gasteiger partial charge in [0.05, 0.1) is 11.1 Å². The minimum absolute atomic E-state index is 0. The van der Waals surface area contributed by atoms with E-state index in [0.29, 0.717) is 11.1 Å². The highest BCUT2D eigenvalue weighted by Gasteiger charge is 2.16. The molecule has 19 heavy (non-hydrogen) atoms. The van der Waals surface area contributed by atoms with Gasteiger partial charge >= 0.3 is 11.9 Å². The number of carboxylic acids is 2. The second kappa shape index (κ2) is 6.02. The molecule has 2 rings (SSSR count). The van der Waals surface area contributed by atoms with Gasteiger partial charge in [0.2, 0.25) is 0 Å². The lowest BCUT2D eigenvalue weighted by Gasteiger charge is -2.08. The van der Waals surface area contributed by atoms with Crippen LogP contribution in [0.25, 0.3) is 11.1 Å². The number of hydrogen-bond acceptors (Lipinski definition) is 2. The first-order valence-corrected chi connectivity index (χ1v) is 5.26. The van der Waals surface area contributed by atoms with Crippen molar-refractivity contribution in [2.24, 2.45) is 0 Å². The molecule has 0 atom stereocenters. The summed E-state index contributed by atoms with van der Waals surface area (Å²) in [6.45, 7) is 0. The third kappa shape index (κ3) is 2.92. The van der Waals surface area contributed by atoms with Crippen LogP contribution in [-0.4, -0.2) is 22.2 Å². The molecular weight excluding hydrogens is 268 g/mol. The standard InChI is InChI=1S/C14H10O4.ClH/c15-13(16)11-7-3-1-5-9(11)10-6-2-4-8-12(10)14(17)18;/h1-8H,(H,15,16)(H,17,18);1H. The molecule has 0 spiro atoms. The third-order valence-corrected chi connectivity index (χ3v) is 2.61. The molecule has 98 valence electrons. The summed E-state index contributed by atoms with van der Waals surface area (Å²) in [6.07, 6.45) is 0. The SMILES string of the molecule is Cl.O=C(O)c1ccccc1-c1ccccc1C(=O)O. The van der Waals surface area contributed by atoms with Gasteiger partial charge in [-0.05, 0) is 23.3 Å². The molecule has 0 aliphatic heterocycles. The molecule has 0 radical (unpaired) electrons. The Morgan fingerprint density at radius 2 is 1.00 bits per heavy atom. The molecule has 0 unspecified atom stereocenters. The van der Waals surface area contributed by atoms with Gasteiger partial charge in [0.25, 0.3) is 0 Å². The van der Waals surface area contributed by atoms with Crippen LogP contribution in [0.2, 0.25) is 0 Å². The smallest absolute Gasteiger partial charge is 0.336 e. The van der Waals surface area contributed by atoms with Gasteiger partial charge in [-0.15, -0.1) is 12.4 Å². The van der Waals surface area contributed by atoms with E-state index >= 15 is 0 Å². The van der Waals surface area contributed by atoms with E-state index in [4.69, 9.17) is 10.2 Å². The molecule has 0 bridgehead atoms. The molecule has 0 fully saturated rings. The number of halogens is 1. The summed E-state index contributed by atoms with van der Waals surface area (Å²) in [7, 11) is 0. The molecule has 0 aromatic heterocycles. The summed E-state index contributed by atoms with van der Waals surface area (Å²) in [6, 6.07) is 12.7. The zero-order chi connectivity index (χ0) is 13.1. The number of rotatable bonds is 3. The molecule has 0 aliphatic rings. The topological polar surface area (TPSA) is 74.6 Å². The van der Waals surface area contributed by atoms with Crippen molar-refractivity contribution in [1.82, 2.24) is 0 Å². The van der Waals surface area contributed by atoms with E-state index in [1.165, 1.54) is 12.1 Å². The fourth-order valence-corrected chi connectivity index (χ4v) is 1.81. The monoisotopic (exact) mass is 278 g/mol. The number of carbonyl (C=O) groups is 2. The predicted molar refractivity (Wildman–Crippen MR) is 73.0 cm³/mol. The van der Waals surface area contributed by atoms with Crippen LogP contribution >= 0.6 is 12.4 Å². The molecule has 2 N–H and O–H groups in total. The molecule has 0 saturated carbocycles. The lowest BCUT2D eigenvalue weighted by molar-refractivity contribution is 0.0684. The lowest BCUT2D eigenvalue weighted by Crippen LogP contribution is -2.03. The van der Waals surface area contributed by atoms with E-state index in [1.54, 1.807) is 36.4 Å². The van der Waals surface area contributed by atoms with Gasteiger partial charge in [-0.2, -0.15) is 0 Å². The molecule has 2 aromatic carbocycles. The summed E-state index contributed by atoms with van der Waals surface area (Å²) in [5.41, 5.74) is 0.989. The van der Waals surface area contributed by atoms with Crippen LogP contribution in [0.3, 0.4) is 0 Å². The van der Waals surface area contributed by atoms with Gasteiger partial charge in [0, 0.05) is 0 Å². The van der Waals surface area contributed by atoms with Gasteiger partial charge in [-0.3, -0.25) is 0 Å². The Morgan fingerprint density at radius 1 is 0.684 bits per heavy atom. The fraction of sp³-hybridized carbons (Fsp3) is 0. The zero-order valence-electron chi connectivity index (χ0n) is 9.74. The van der Waals surface area contributed by atoms with Gasteiger partial charge in [0.15, 0.2) is 0 Å². The highest BCUT2D eigenvalue weighted by molar-refractivity contribution is 6.02. The summed E-state index contributed by atoms with van der Waals surface area (Å²) < 4.78 is 0. The second-order valence-electron chi connectivity index (χ2n) is 3.70. The summed E-state index contributed by atoms with van der Waals surface area (Å²) in [4.78, 5) is 22.3. The zero-order valence-corrected chi connectivity index (χ0v) is 10.6. The Labute approximate surface area is 115 Å². The molecule has 0 saturated heterocycles. The maximum atomic E-state index is 11.1. The Hall–Kier alpha value is -2.33. The van der Waals surface area contributed by atoms with Crippen molar-refractivity contribution in [2.45, 2.75) is 0 Å². The Balaban J connectivity index is 0.00000180. The van der Waals surface area contributed by atoms with Crippen LogP contribution in [0.5, 0.6) is 0 Å². The van der Waals surface area contributed by atoms with E-state index in [-0.39, 0.29) is 23.5 Å². The van der Waals surface area contributed by atoms with Crippen molar-refractivity contribution in [1.29, 1.82) is 0 Å². The molecule has 4 nitrogen and oxygen atoms in total. The van der Waals surface area contributed by atoms with Crippen LogP contribution in [0.1, 0.15) is 20.7 Å². The van der Waals surface area contributed by atoms with E-state index in [0.717, 1.165) is 0 Å². The van der Waals surface area contributed by atoms with E-state index < -0.39 is 11.9 Å². The van der Waals surface area contributed by atoms with Gasteiger partial charge in [-0.1, -0.05) is 36.4 Å². The van der Waals surface area contributed by atoms with Crippen LogP contribution in [0, 0.1) is 0 Å². The molecule has 2 aromatic rings. The minimum atomic E-state index is -1.08. The largest absolute Gasteiger partial charge is 0.478 e. The third-order valence-electron chi connectivity index (χ3n) is 2.61. The van der Waals surface area contributed by atoms with E-state index in [2.05, 4.69) is 0 Å². The maximum absolute atomic E-state index is 11.1. The number of carboxylic acid groups (broad SMARTS) is 2. The van der Waals surface area contributed by atoms with Crippen molar-refractivity contribution in [3.05, 3.63) is 59.7 Å². The quantitative estimate of drug-likeness (QED) is 0.904. The van der Waals surface area contributed by atoms with Crippen molar-refractivity contribution >= 4 is 24.3 Å². The number of aromatic carboxylic acids is 2. The van der Waals surface area contributed by atoms with Crippen LogP contribution < -0.4 is 0 Å². The van der Waals surface area contributed by atoms with Gasteiger partial charge in [-0.25, -0.2) is 9.59 Å². The first-order valence-electron chi connectivity index (χ1n) is 5.26. The van der Waals surface area contributed by atoms with Crippen molar-refractivity contribution in [3.63, 3.8) is 0 Å². The van der Waals surface area contributed by atoms with Gasteiger partial charge < -0.3 is 10.2 Å². The molecule has 5 heteroatoms. The molecular formula is C14H11ClO4. The lowest BCUT2D eigenvalue weighted by atomic mass is 9.95. The normalized spacial score (nSPS) is 9.47. The Morgan fingerprint density at radius 3 is 1.32 bits per heavy atom. The molecule has 0 heterocycles. The summed E-state index contributed by atoms with van der Waals surface area (Å²) in [5, 5.41) is 18.2. The highest BCUT2D eigenvalue weighted by Crippen LogP contribution is 2.27. The van der Waals surface area contributed by atoms with Crippen LogP contribution in [0.15, 0.2) is 48.5 Å². The van der Waals surface area contributed by atoms with Crippen molar-refractivity contribution in [3.8, 4) is 11.1 Å². The number of benzene rings is 2. The fourth-order valence-electron chi connectivity index (χ4n) is 1.81.